The maximum absolute atomic E-state index is 11.8. The number of aryl methyl sites for hydroxylation is 1. The molecule has 0 aromatic carbocycles. The fourth-order valence-electron chi connectivity index (χ4n) is 2.34. The van der Waals surface area contributed by atoms with Gasteiger partial charge in [0.1, 0.15) is 0 Å². The molecule has 1 aliphatic heterocycles. The van der Waals surface area contributed by atoms with Crippen LogP contribution in [0.3, 0.4) is 0 Å². The first kappa shape index (κ1) is 13.0. The number of fused-ring (bicyclic) bond motifs is 1. The number of pyridine rings is 1. The summed E-state index contributed by atoms with van der Waals surface area (Å²) in [5.74, 6) is -0.309. The lowest BCUT2D eigenvalue weighted by molar-refractivity contribution is -0.00606. The van der Waals surface area contributed by atoms with Crippen LogP contribution >= 0.6 is 0 Å². The Morgan fingerprint density at radius 1 is 1.56 bits per heavy atom. The second-order valence-corrected chi connectivity index (χ2v) is 4.67. The molecule has 0 saturated heterocycles. The summed E-state index contributed by atoms with van der Waals surface area (Å²) in [5.41, 5.74) is 3.31. The van der Waals surface area contributed by atoms with E-state index in [0.29, 0.717) is 12.2 Å². The van der Waals surface area contributed by atoms with Crippen LogP contribution in [0.25, 0.3) is 0 Å². The van der Waals surface area contributed by atoms with E-state index < -0.39 is 0 Å². The molecule has 0 aliphatic carbocycles. The zero-order valence-electron chi connectivity index (χ0n) is 11.3. The SMILES string of the molecule is CCOC(=O)c1cc2c(nc1C)CC(C)OC2C. The fourth-order valence-corrected chi connectivity index (χ4v) is 2.34. The van der Waals surface area contributed by atoms with Crippen molar-refractivity contribution in [2.24, 2.45) is 0 Å². The van der Waals surface area contributed by atoms with Crippen LogP contribution < -0.4 is 0 Å². The maximum atomic E-state index is 11.8. The molecule has 4 heteroatoms. The number of hydrogen-bond acceptors (Lipinski definition) is 4. The van der Waals surface area contributed by atoms with Gasteiger partial charge in [0.05, 0.1) is 30.1 Å². The molecule has 0 fully saturated rings. The molecule has 2 rings (SSSR count). The van der Waals surface area contributed by atoms with E-state index >= 15 is 0 Å². The molecule has 0 spiro atoms. The van der Waals surface area contributed by atoms with Crippen LogP contribution in [0.15, 0.2) is 6.07 Å². The summed E-state index contributed by atoms with van der Waals surface area (Å²) < 4.78 is 10.8. The van der Waals surface area contributed by atoms with Gasteiger partial charge in [0.25, 0.3) is 0 Å². The lowest BCUT2D eigenvalue weighted by Gasteiger charge is -2.28. The maximum Gasteiger partial charge on any atom is 0.339 e. The molecular weight excluding hydrogens is 230 g/mol. The predicted molar refractivity (Wildman–Crippen MR) is 67.6 cm³/mol. The summed E-state index contributed by atoms with van der Waals surface area (Å²) >= 11 is 0. The monoisotopic (exact) mass is 249 g/mol. The van der Waals surface area contributed by atoms with Gasteiger partial charge in [-0.05, 0) is 33.8 Å². The van der Waals surface area contributed by atoms with E-state index in [-0.39, 0.29) is 18.2 Å². The van der Waals surface area contributed by atoms with Gasteiger partial charge in [-0.2, -0.15) is 0 Å². The number of carbonyl (C=O) groups is 1. The Bertz CT molecular complexity index is 470. The molecule has 0 saturated carbocycles. The smallest absolute Gasteiger partial charge is 0.339 e. The van der Waals surface area contributed by atoms with E-state index in [9.17, 15) is 4.79 Å². The van der Waals surface area contributed by atoms with Crippen LogP contribution in [0.4, 0.5) is 0 Å². The van der Waals surface area contributed by atoms with Crippen molar-refractivity contribution in [1.82, 2.24) is 4.98 Å². The highest BCUT2D eigenvalue weighted by atomic mass is 16.5. The van der Waals surface area contributed by atoms with Gasteiger partial charge in [-0.3, -0.25) is 4.98 Å². The Morgan fingerprint density at radius 2 is 2.28 bits per heavy atom. The number of nitrogens with zero attached hydrogens (tertiary/aromatic N) is 1. The first-order valence-corrected chi connectivity index (χ1v) is 6.36. The Balaban J connectivity index is 2.41. The van der Waals surface area contributed by atoms with Gasteiger partial charge in [0.15, 0.2) is 0 Å². The summed E-state index contributed by atoms with van der Waals surface area (Å²) in [4.78, 5) is 16.4. The molecule has 0 bridgehead atoms. The molecule has 2 atom stereocenters. The molecule has 1 aromatic rings. The van der Waals surface area contributed by atoms with Crippen LogP contribution in [0.2, 0.25) is 0 Å². The number of hydrogen-bond donors (Lipinski definition) is 0. The lowest BCUT2D eigenvalue weighted by Crippen LogP contribution is -2.24. The quantitative estimate of drug-likeness (QED) is 0.756. The summed E-state index contributed by atoms with van der Waals surface area (Å²) in [6.45, 7) is 8.04. The summed E-state index contributed by atoms with van der Waals surface area (Å²) in [6.07, 6.45) is 0.946. The third-order valence-corrected chi connectivity index (χ3v) is 3.18. The third-order valence-electron chi connectivity index (χ3n) is 3.18. The van der Waals surface area contributed by atoms with Crippen LogP contribution in [0, 0.1) is 6.92 Å². The van der Waals surface area contributed by atoms with E-state index in [2.05, 4.69) is 4.98 Å². The zero-order chi connectivity index (χ0) is 13.3. The van der Waals surface area contributed by atoms with Crippen molar-refractivity contribution in [3.63, 3.8) is 0 Å². The predicted octanol–water partition coefficient (Wildman–Crippen LogP) is 2.59. The minimum atomic E-state index is -0.309. The average molecular weight is 249 g/mol. The Labute approximate surface area is 107 Å². The number of carbonyl (C=O) groups excluding carboxylic acids is 1. The highest BCUT2D eigenvalue weighted by molar-refractivity contribution is 5.90. The minimum Gasteiger partial charge on any atom is -0.462 e. The number of aromatic nitrogens is 1. The van der Waals surface area contributed by atoms with Crippen molar-refractivity contribution in [3.05, 3.63) is 28.6 Å². The summed E-state index contributed by atoms with van der Waals surface area (Å²) in [7, 11) is 0. The Hall–Kier alpha value is -1.42. The standard InChI is InChI=1S/C14H19NO3/c1-5-17-14(16)11-7-12-10(4)18-8(2)6-13(12)15-9(11)3/h7-8,10H,5-6H2,1-4H3. The molecule has 1 aliphatic rings. The summed E-state index contributed by atoms with van der Waals surface area (Å²) in [5, 5.41) is 0. The van der Waals surface area contributed by atoms with Crippen molar-refractivity contribution in [1.29, 1.82) is 0 Å². The topological polar surface area (TPSA) is 48.4 Å². The molecule has 4 nitrogen and oxygen atoms in total. The minimum absolute atomic E-state index is 0.0231. The van der Waals surface area contributed by atoms with Crippen molar-refractivity contribution < 1.29 is 14.3 Å². The lowest BCUT2D eigenvalue weighted by atomic mass is 9.97. The highest BCUT2D eigenvalue weighted by Gasteiger charge is 2.25. The normalized spacial score (nSPS) is 22.4. The van der Waals surface area contributed by atoms with Crippen LogP contribution in [-0.2, 0) is 15.9 Å². The second kappa shape index (κ2) is 5.06. The Kier molecular flexibility index (Phi) is 3.66. The van der Waals surface area contributed by atoms with Gasteiger partial charge in [-0.15, -0.1) is 0 Å². The molecule has 1 aromatic heterocycles. The summed E-state index contributed by atoms with van der Waals surface area (Å²) in [6, 6.07) is 1.87. The molecule has 2 unspecified atom stereocenters. The Morgan fingerprint density at radius 3 is 2.94 bits per heavy atom. The molecule has 18 heavy (non-hydrogen) atoms. The van der Waals surface area contributed by atoms with E-state index in [1.807, 2.05) is 26.8 Å². The second-order valence-electron chi connectivity index (χ2n) is 4.67. The molecule has 0 radical (unpaired) electrons. The van der Waals surface area contributed by atoms with Gasteiger partial charge in [-0.25, -0.2) is 4.79 Å². The molecule has 0 N–H and O–H groups in total. The molecule has 98 valence electrons. The average Bonchev–Trinajstić information content (AvgIpc) is 2.27. The first-order chi connectivity index (χ1) is 8.52. The van der Waals surface area contributed by atoms with Gasteiger partial charge in [0.2, 0.25) is 0 Å². The largest absolute Gasteiger partial charge is 0.462 e. The van der Waals surface area contributed by atoms with E-state index in [0.717, 1.165) is 23.4 Å². The van der Waals surface area contributed by atoms with Crippen LogP contribution in [0.5, 0.6) is 0 Å². The van der Waals surface area contributed by atoms with Crippen LogP contribution in [-0.4, -0.2) is 23.7 Å². The molecule has 0 amide bonds. The van der Waals surface area contributed by atoms with Gasteiger partial charge in [0, 0.05) is 17.7 Å². The van der Waals surface area contributed by atoms with Crippen molar-refractivity contribution in [3.8, 4) is 0 Å². The van der Waals surface area contributed by atoms with Crippen molar-refractivity contribution >= 4 is 5.97 Å². The fraction of sp³-hybridized carbons (Fsp3) is 0.571. The van der Waals surface area contributed by atoms with Gasteiger partial charge < -0.3 is 9.47 Å². The van der Waals surface area contributed by atoms with Crippen molar-refractivity contribution in [2.75, 3.05) is 6.61 Å². The van der Waals surface area contributed by atoms with Gasteiger partial charge >= 0.3 is 5.97 Å². The van der Waals surface area contributed by atoms with Gasteiger partial charge in [-0.1, -0.05) is 0 Å². The van der Waals surface area contributed by atoms with Crippen LogP contribution in [0.1, 0.15) is 54.2 Å². The zero-order valence-corrected chi connectivity index (χ0v) is 11.3. The number of ether oxygens (including phenoxy) is 2. The van der Waals surface area contributed by atoms with E-state index in [4.69, 9.17) is 9.47 Å². The number of esters is 1. The first-order valence-electron chi connectivity index (χ1n) is 6.36. The molecule has 2 heterocycles. The van der Waals surface area contributed by atoms with Crippen molar-refractivity contribution in [2.45, 2.75) is 46.3 Å². The molecular formula is C14H19NO3. The van der Waals surface area contributed by atoms with E-state index in [1.54, 1.807) is 6.92 Å². The van der Waals surface area contributed by atoms with E-state index in [1.165, 1.54) is 0 Å². The number of rotatable bonds is 2. The highest BCUT2D eigenvalue weighted by Crippen LogP contribution is 2.30. The third kappa shape index (κ3) is 2.38.